The molecule has 0 aliphatic carbocycles. The molecule has 2 aliphatic heterocycles. The fourth-order valence-electron chi connectivity index (χ4n) is 2.95. The van der Waals surface area contributed by atoms with E-state index >= 15 is 0 Å². The predicted molar refractivity (Wildman–Crippen MR) is 108 cm³/mol. The lowest BCUT2D eigenvalue weighted by Gasteiger charge is -2.27. The summed E-state index contributed by atoms with van der Waals surface area (Å²) in [6.45, 7) is 10.4. The number of rotatable bonds is 4. The third-order valence-corrected chi connectivity index (χ3v) is 4.76. The average Bonchev–Trinajstić information content (AvgIpc) is 3.17. The number of carbonyl (C=O) groups excluding carboxylic acids is 2. The molecule has 1 aromatic carbocycles. The minimum atomic E-state index is -0.818. The van der Waals surface area contributed by atoms with Gasteiger partial charge in [-0.15, -0.1) is 0 Å². The van der Waals surface area contributed by atoms with Gasteiger partial charge in [0, 0.05) is 0 Å². The van der Waals surface area contributed by atoms with E-state index < -0.39 is 41.3 Å². The predicted octanol–water partition coefficient (Wildman–Crippen LogP) is 2.81. The van der Waals surface area contributed by atoms with Gasteiger partial charge < -0.3 is 24.1 Å². The molecule has 1 saturated heterocycles. The zero-order valence-corrected chi connectivity index (χ0v) is 18.2. The number of hydrogen-bond acceptors (Lipinski definition) is 8. The number of aromatic hydroxyl groups is 1. The Morgan fingerprint density at radius 1 is 1.07 bits per heavy atom. The van der Waals surface area contributed by atoms with Gasteiger partial charge in [-0.05, 0) is 53.7 Å². The van der Waals surface area contributed by atoms with Crippen LogP contribution in [-0.2, 0) is 28.5 Å². The van der Waals surface area contributed by atoms with Crippen LogP contribution < -0.4 is 0 Å². The zero-order valence-electron chi connectivity index (χ0n) is 18.2. The fraction of sp³-hybridized carbons (Fsp3) is 0.591. The zero-order chi connectivity index (χ0) is 22.3. The van der Waals surface area contributed by atoms with E-state index in [0.717, 1.165) is 0 Å². The minimum absolute atomic E-state index is 0.0233. The average molecular weight is 419 g/mol. The van der Waals surface area contributed by atoms with E-state index in [0.29, 0.717) is 5.56 Å². The molecule has 0 saturated carbocycles. The summed E-state index contributed by atoms with van der Waals surface area (Å²) in [5.41, 5.74) is -0.976. The number of hydrogen-bond donors (Lipinski definition) is 1. The summed E-state index contributed by atoms with van der Waals surface area (Å²) in [6.07, 6.45) is -2.98. The number of nitrogens with zero attached hydrogens (tertiary/aromatic N) is 1. The number of para-hydroxylation sites is 1. The SMILES string of the molecule is CC(C)(C)C(=O)OC[C@H]1O[C@@H]2N=C(c3ccccc3O)O[C@@H]2[C@H]1OC(=O)C(C)(C)C. The first kappa shape index (κ1) is 22.1. The van der Waals surface area contributed by atoms with Gasteiger partial charge in [0.05, 0.1) is 16.4 Å². The van der Waals surface area contributed by atoms with Gasteiger partial charge in [-0.1, -0.05) is 12.1 Å². The van der Waals surface area contributed by atoms with Crippen molar-refractivity contribution in [2.24, 2.45) is 15.8 Å². The van der Waals surface area contributed by atoms with Crippen LogP contribution in [0.3, 0.4) is 0 Å². The summed E-state index contributed by atoms with van der Waals surface area (Å²) < 4.78 is 23.0. The molecule has 0 spiro atoms. The molecule has 3 rings (SSSR count). The molecule has 4 atom stereocenters. The lowest BCUT2D eigenvalue weighted by atomic mass is 9.97. The molecule has 2 heterocycles. The smallest absolute Gasteiger partial charge is 0.311 e. The van der Waals surface area contributed by atoms with Crippen molar-refractivity contribution < 1.29 is 33.6 Å². The van der Waals surface area contributed by atoms with Crippen LogP contribution in [0.2, 0.25) is 0 Å². The third-order valence-electron chi connectivity index (χ3n) is 4.76. The summed E-state index contributed by atoms with van der Waals surface area (Å²) in [7, 11) is 0. The molecular weight excluding hydrogens is 390 g/mol. The standard InChI is InChI=1S/C22H29NO7/c1-21(2,3)19(25)27-11-14-15(30-20(26)22(4,5)6)16-18(28-14)23-17(29-16)12-9-7-8-10-13(12)24/h7-10,14-16,18,24H,11H2,1-6H3/t14-,15+,16-,18+/m1/s1. The number of benzene rings is 1. The number of phenolic OH excluding ortho intramolecular Hbond substituents is 1. The molecule has 0 radical (unpaired) electrons. The van der Waals surface area contributed by atoms with Gasteiger partial charge in [0.2, 0.25) is 5.90 Å². The van der Waals surface area contributed by atoms with Crippen molar-refractivity contribution in [1.82, 2.24) is 0 Å². The van der Waals surface area contributed by atoms with E-state index in [1.54, 1.807) is 59.7 Å². The summed E-state index contributed by atoms with van der Waals surface area (Å²) in [5, 5.41) is 10.1. The first-order chi connectivity index (χ1) is 13.9. The van der Waals surface area contributed by atoms with E-state index in [2.05, 4.69) is 4.99 Å². The molecule has 30 heavy (non-hydrogen) atoms. The van der Waals surface area contributed by atoms with E-state index in [4.69, 9.17) is 18.9 Å². The fourth-order valence-corrected chi connectivity index (χ4v) is 2.95. The highest BCUT2D eigenvalue weighted by Crippen LogP contribution is 2.36. The Hall–Kier alpha value is -2.61. The summed E-state index contributed by atoms with van der Waals surface area (Å²) in [4.78, 5) is 29.1. The van der Waals surface area contributed by atoms with Crippen LogP contribution in [0.4, 0.5) is 0 Å². The van der Waals surface area contributed by atoms with Crippen molar-refractivity contribution in [2.75, 3.05) is 6.61 Å². The molecular formula is C22H29NO7. The monoisotopic (exact) mass is 419 g/mol. The Kier molecular flexibility index (Phi) is 5.82. The van der Waals surface area contributed by atoms with Gasteiger partial charge in [0.15, 0.2) is 18.4 Å². The first-order valence-electron chi connectivity index (χ1n) is 9.94. The summed E-state index contributed by atoms with van der Waals surface area (Å²) in [5.74, 6) is -0.577. The molecule has 2 aliphatic rings. The largest absolute Gasteiger partial charge is 0.507 e. The van der Waals surface area contributed by atoms with E-state index in [1.165, 1.54) is 6.07 Å². The highest BCUT2D eigenvalue weighted by molar-refractivity contribution is 5.97. The van der Waals surface area contributed by atoms with Crippen LogP contribution in [0.15, 0.2) is 29.3 Å². The van der Waals surface area contributed by atoms with Gasteiger partial charge in [-0.25, -0.2) is 4.99 Å². The quantitative estimate of drug-likeness (QED) is 0.749. The van der Waals surface area contributed by atoms with Gasteiger partial charge >= 0.3 is 11.9 Å². The number of aliphatic imine (C=N–C) groups is 1. The van der Waals surface area contributed by atoms with Crippen molar-refractivity contribution in [3.05, 3.63) is 29.8 Å². The Labute approximate surface area is 176 Å². The highest BCUT2D eigenvalue weighted by atomic mass is 16.7. The normalized spacial score (nSPS) is 25.9. The Morgan fingerprint density at radius 2 is 1.70 bits per heavy atom. The topological polar surface area (TPSA) is 104 Å². The Morgan fingerprint density at radius 3 is 2.30 bits per heavy atom. The molecule has 0 unspecified atom stereocenters. The van der Waals surface area contributed by atoms with Gasteiger partial charge in [0.1, 0.15) is 18.5 Å². The molecule has 8 nitrogen and oxygen atoms in total. The van der Waals surface area contributed by atoms with Crippen molar-refractivity contribution in [3.8, 4) is 5.75 Å². The molecule has 8 heteroatoms. The number of ether oxygens (including phenoxy) is 4. The maximum Gasteiger partial charge on any atom is 0.311 e. The van der Waals surface area contributed by atoms with Crippen LogP contribution in [0.5, 0.6) is 5.75 Å². The molecule has 1 N–H and O–H groups in total. The second kappa shape index (κ2) is 7.91. The number of fused-ring (bicyclic) bond motifs is 1. The molecule has 0 amide bonds. The summed E-state index contributed by atoms with van der Waals surface area (Å²) >= 11 is 0. The van der Waals surface area contributed by atoms with Crippen molar-refractivity contribution in [3.63, 3.8) is 0 Å². The highest BCUT2D eigenvalue weighted by Gasteiger charge is 2.53. The van der Waals surface area contributed by atoms with Crippen LogP contribution in [-0.4, -0.2) is 54.1 Å². The van der Waals surface area contributed by atoms with Crippen LogP contribution in [0.25, 0.3) is 0 Å². The van der Waals surface area contributed by atoms with Crippen LogP contribution in [0, 0.1) is 10.8 Å². The van der Waals surface area contributed by atoms with Gasteiger partial charge in [-0.2, -0.15) is 0 Å². The van der Waals surface area contributed by atoms with Crippen LogP contribution in [0.1, 0.15) is 47.1 Å². The van der Waals surface area contributed by atoms with E-state index in [1.807, 2.05) is 0 Å². The Balaban J connectivity index is 1.79. The van der Waals surface area contributed by atoms with E-state index in [9.17, 15) is 14.7 Å². The molecule has 1 fully saturated rings. The van der Waals surface area contributed by atoms with Gasteiger partial charge in [0.25, 0.3) is 0 Å². The van der Waals surface area contributed by atoms with Crippen molar-refractivity contribution >= 4 is 17.8 Å². The third kappa shape index (κ3) is 4.59. The van der Waals surface area contributed by atoms with Gasteiger partial charge in [-0.3, -0.25) is 9.59 Å². The van der Waals surface area contributed by atoms with Crippen molar-refractivity contribution in [1.29, 1.82) is 0 Å². The molecule has 0 aromatic heterocycles. The number of carbonyl (C=O) groups is 2. The Bertz CT molecular complexity index is 850. The minimum Gasteiger partial charge on any atom is -0.507 e. The number of phenols is 1. The lowest BCUT2D eigenvalue weighted by Crippen LogP contribution is -2.42. The summed E-state index contributed by atoms with van der Waals surface area (Å²) in [6, 6.07) is 6.65. The molecule has 1 aromatic rings. The second-order valence-corrected chi connectivity index (χ2v) is 9.57. The molecule has 0 bridgehead atoms. The molecule has 164 valence electrons. The van der Waals surface area contributed by atoms with E-state index in [-0.39, 0.29) is 24.2 Å². The van der Waals surface area contributed by atoms with Crippen LogP contribution >= 0.6 is 0 Å². The number of esters is 2. The van der Waals surface area contributed by atoms with Crippen molar-refractivity contribution in [2.45, 2.75) is 66.1 Å². The maximum atomic E-state index is 12.5. The first-order valence-corrected chi connectivity index (χ1v) is 9.94. The second-order valence-electron chi connectivity index (χ2n) is 9.57. The lowest BCUT2D eigenvalue weighted by molar-refractivity contribution is -0.169. The maximum absolute atomic E-state index is 12.5.